The van der Waals surface area contributed by atoms with Gasteiger partial charge in [0.15, 0.2) is 0 Å². The van der Waals surface area contributed by atoms with Crippen LogP contribution in [-0.4, -0.2) is 71.8 Å². The molecule has 3 heterocycles. The third kappa shape index (κ3) is 6.96. The smallest absolute Gasteiger partial charge is 0.246 e. The first-order valence-electron chi connectivity index (χ1n) is 13.7. The van der Waals surface area contributed by atoms with Gasteiger partial charge in [0, 0.05) is 50.1 Å². The molecule has 2 aliphatic heterocycles. The number of carbonyl (C=O) groups excluding carboxylic acids is 3. The summed E-state index contributed by atoms with van der Waals surface area (Å²) >= 11 is 1.53. The molecule has 1 N–H and O–H groups in total. The molecular weight excluding hydrogens is 524 g/mol. The van der Waals surface area contributed by atoms with E-state index in [2.05, 4.69) is 10.3 Å². The molecule has 1 aromatic heterocycles. The van der Waals surface area contributed by atoms with E-state index < -0.39 is 5.92 Å². The Bertz CT molecular complexity index is 1370. The SMILES string of the molecule is Cc1nc(CC(=O)N2C[C@@H]3C(=O)NCCN(C(=O)C=Cc4ccccc4)CCCOc4cccc(c4)[C@H]3C2)cs1. The van der Waals surface area contributed by atoms with Crippen molar-refractivity contribution in [3.8, 4) is 5.75 Å². The van der Waals surface area contributed by atoms with Gasteiger partial charge in [0.05, 0.1) is 29.6 Å². The van der Waals surface area contributed by atoms with E-state index in [1.807, 2.05) is 66.9 Å². The summed E-state index contributed by atoms with van der Waals surface area (Å²) in [6.07, 6.45) is 4.26. The normalized spacial score (nSPS) is 20.0. The van der Waals surface area contributed by atoms with Gasteiger partial charge in [-0.05, 0) is 42.7 Å². The molecule has 2 bridgehead atoms. The van der Waals surface area contributed by atoms with E-state index in [-0.39, 0.29) is 30.1 Å². The molecule has 3 amide bonds. The summed E-state index contributed by atoms with van der Waals surface area (Å²) < 4.78 is 6.04. The number of rotatable bonds is 4. The maximum absolute atomic E-state index is 13.5. The number of hydrogen-bond donors (Lipinski definition) is 1. The van der Waals surface area contributed by atoms with Crippen LogP contribution in [0.25, 0.3) is 6.08 Å². The van der Waals surface area contributed by atoms with Crippen LogP contribution in [0, 0.1) is 12.8 Å². The highest BCUT2D eigenvalue weighted by molar-refractivity contribution is 7.09. The lowest BCUT2D eigenvalue weighted by atomic mass is 9.88. The van der Waals surface area contributed by atoms with E-state index in [0.717, 1.165) is 27.6 Å². The molecule has 0 radical (unpaired) electrons. The second-order valence-electron chi connectivity index (χ2n) is 10.2. The Labute approximate surface area is 238 Å². The fourth-order valence-electron chi connectivity index (χ4n) is 5.26. The van der Waals surface area contributed by atoms with Crippen LogP contribution in [0.2, 0.25) is 0 Å². The quantitative estimate of drug-likeness (QED) is 0.494. The lowest BCUT2D eigenvalue weighted by Crippen LogP contribution is -2.42. The number of hydrogen-bond acceptors (Lipinski definition) is 6. The number of nitrogens with zero attached hydrogens (tertiary/aromatic N) is 3. The molecule has 8 nitrogen and oxygen atoms in total. The number of likely N-dealkylation sites (tertiary alicyclic amines) is 1. The minimum atomic E-state index is -0.401. The van der Waals surface area contributed by atoms with E-state index in [9.17, 15) is 14.4 Å². The summed E-state index contributed by atoms with van der Waals surface area (Å²) in [5.74, 6) is -0.0860. The maximum Gasteiger partial charge on any atom is 0.246 e. The van der Waals surface area contributed by atoms with Crippen molar-refractivity contribution in [1.29, 1.82) is 0 Å². The van der Waals surface area contributed by atoms with Crippen LogP contribution in [0.3, 0.4) is 0 Å². The summed E-state index contributed by atoms with van der Waals surface area (Å²) in [5, 5.41) is 5.89. The zero-order valence-corrected chi connectivity index (χ0v) is 23.4. The van der Waals surface area contributed by atoms with Crippen LogP contribution in [0.4, 0.5) is 0 Å². The number of thiazole rings is 1. The zero-order valence-electron chi connectivity index (χ0n) is 22.6. The van der Waals surface area contributed by atoms with E-state index in [1.165, 1.54) is 11.3 Å². The van der Waals surface area contributed by atoms with Crippen molar-refractivity contribution in [2.45, 2.75) is 25.7 Å². The van der Waals surface area contributed by atoms with Crippen LogP contribution >= 0.6 is 11.3 Å². The summed E-state index contributed by atoms with van der Waals surface area (Å²) in [5.41, 5.74) is 2.69. The van der Waals surface area contributed by atoms with Gasteiger partial charge in [-0.15, -0.1) is 11.3 Å². The van der Waals surface area contributed by atoms with Gasteiger partial charge >= 0.3 is 0 Å². The molecule has 9 heteroatoms. The fourth-order valence-corrected chi connectivity index (χ4v) is 5.87. The lowest BCUT2D eigenvalue weighted by molar-refractivity contribution is -0.130. The van der Waals surface area contributed by atoms with Crippen LogP contribution in [0.5, 0.6) is 5.75 Å². The Kier molecular flexibility index (Phi) is 8.91. The van der Waals surface area contributed by atoms with Crippen LogP contribution in [0.15, 0.2) is 66.1 Å². The van der Waals surface area contributed by atoms with Gasteiger partial charge in [0.2, 0.25) is 17.7 Å². The topological polar surface area (TPSA) is 91.8 Å². The number of aryl methyl sites for hydroxylation is 1. The molecule has 2 aromatic carbocycles. The molecule has 3 aromatic rings. The molecule has 1 fully saturated rings. The summed E-state index contributed by atoms with van der Waals surface area (Å²) in [4.78, 5) is 47.6. The van der Waals surface area contributed by atoms with E-state index in [4.69, 9.17) is 4.74 Å². The molecule has 2 aliphatic rings. The average Bonchev–Trinajstić information content (AvgIpc) is 3.60. The molecule has 40 heavy (non-hydrogen) atoms. The fraction of sp³-hybridized carbons (Fsp3) is 0.355. The number of aromatic nitrogens is 1. The van der Waals surface area contributed by atoms with Crippen molar-refractivity contribution in [2.75, 3.05) is 39.3 Å². The summed E-state index contributed by atoms with van der Waals surface area (Å²) in [7, 11) is 0. The Morgan fingerprint density at radius 2 is 1.90 bits per heavy atom. The molecule has 1 saturated heterocycles. The van der Waals surface area contributed by atoms with E-state index in [1.54, 1.807) is 22.0 Å². The van der Waals surface area contributed by atoms with Crippen molar-refractivity contribution in [3.63, 3.8) is 0 Å². The highest BCUT2D eigenvalue weighted by Gasteiger charge is 2.40. The Morgan fingerprint density at radius 1 is 1.07 bits per heavy atom. The molecule has 0 saturated carbocycles. The lowest BCUT2D eigenvalue weighted by Gasteiger charge is -2.24. The highest BCUT2D eigenvalue weighted by Crippen LogP contribution is 2.35. The van der Waals surface area contributed by atoms with Gasteiger partial charge in [-0.3, -0.25) is 14.4 Å². The Balaban J connectivity index is 1.31. The first kappa shape index (κ1) is 27.6. The first-order valence-corrected chi connectivity index (χ1v) is 14.6. The number of amides is 3. The number of nitrogens with one attached hydrogen (secondary N) is 1. The first-order chi connectivity index (χ1) is 19.5. The predicted octanol–water partition coefficient (Wildman–Crippen LogP) is 3.68. The van der Waals surface area contributed by atoms with Gasteiger partial charge in [-0.2, -0.15) is 0 Å². The minimum absolute atomic E-state index is 0.0297. The van der Waals surface area contributed by atoms with Crippen molar-refractivity contribution >= 4 is 35.1 Å². The van der Waals surface area contributed by atoms with Gasteiger partial charge < -0.3 is 19.9 Å². The average molecular weight is 559 g/mol. The van der Waals surface area contributed by atoms with Crippen LogP contribution < -0.4 is 10.1 Å². The maximum atomic E-state index is 13.5. The second-order valence-corrected chi connectivity index (χ2v) is 11.2. The molecule has 5 rings (SSSR count). The largest absolute Gasteiger partial charge is 0.494 e. The third-order valence-electron chi connectivity index (χ3n) is 7.35. The van der Waals surface area contributed by atoms with Crippen LogP contribution in [0.1, 0.15) is 34.2 Å². The van der Waals surface area contributed by atoms with Gasteiger partial charge in [-0.1, -0.05) is 42.5 Å². The number of benzene rings is 2. The number of fused-ring (bicyclic) bond motifs is 4. The monoisotopic (exact) mass is 558 g/mol. The molecule has 2 atom stereocenters. The van der Waals surface area contributed by atoms with E-state index >= 15 is 0 Å². The van der Waals surface area contributed by atoms with E-state index in [0.29, 0.717) is 45.8 Å². The summed E-state index contributed by atoms with van der Waals surface area (Å²) in [6.45, 7) is 4.42. The molecule has 0 aliphatic carbocycles. The van der Waals surface area contributed by atoms with Crippen LogP contribution in [-0.2, 0) is 20.8 Å². The van der Waals surface area contributed by atoms with Gasteiger partial charge in [-0.25, -0.2) is 4.98 Å². The van der Waals surface area contributed by atoms with Crippen molar-refractivity contribution < 1.29 is 19.1 Å². The van der Waals surface area contributed by atoms with Crippen molar-refractivity contribution in [1.82, 2.24) is 20.1 Å². The number of ether oxygens (including phenoxy) is 1. The Morgan fingerprint density at radius 3 is 2.70 bits per heavy atom. The summed E-state index contributed by atoms with van der Waals surface area (Å²) in [6, 6.07) is 17.5. The molecule has 208 valence electrons. The third-order valence-corrected chi connectivity index (χ3v) is 8.17. The second kappa shape index (κ2) is 12.9. The number of carbonyl (C=O) groups is 3. The molecular formula is C31H34N4O4S. The predicted molar refractivity (Wildman–Crippen MR) is 155 cm³/mol. The highest BCUT2D eigenvalue weighted by atomic mass is 32.1. The molecule has 0 unspecified atom stereocenters. The standard InChI is InChI=1S/C31H34N4O4S/c1-22-33-25(21-40-22)18-30(37)35-19-27-24-9-5-10-26(17-24)39-16-6-14-34(15-13-32-31(38)28(27)20-35)29(36)12-11-23-7-3-2-4-8-23/h2-5,7-12,17,21,27-28H,6,13-16,18-20H2,1H3,(H,32,38)/t27-,28+/m1/s1. The van der Waals surface area contributed by atoms with Gasteiger partial charge in [0.25, 0.3) is 0 Å². The van der Waals surface area contributed by atoms with Gasteiger partial charge in [0.1, 0.15) is 5.75 Å². The minimum Gasteiger partial charge on any atom is -0.494 e. The zero-order chi connectivity index (χ0) is 27.9. The molecule has 0 spiro atoms. The van der Waals surface area contributed by atoms with Crippen molar-refractivity contribution in [2.24, 2.45) is 5.92 Å². The Hall–Kier alpha value is -3.98. The van der Waals surface area contributed by atoms with Crippen molar-refractivity contribution in [3.05, 3.63) is 87.9 Å².